The maximum absolute atomic E-state index is 9.83. The zero-order valence-electron chi connectivity index (χ0n) is 5.16. The Balaban J connectivity index is 3.27. The number of aliphatic hydroxyl groups is 1. The number of carboxylic acid groups (broad SMARTS) is 1. The van der Waals surface area contributed by atoms with E-state index in [2.05, 4.69) is 0 Å². The predicted octanol–water partition coefficient (Wildman–Crippen LogP) is -1.15. The van der Waals surface area contributed by atoms with Crippen LogP contribution >= 0.6 is 11.8 Å². The second-order valence-corrected chi connectivity index (χ2v) is 2.60. The fourth-order valence-electron chi connectivity index (χ4n) is 0.347. The van der Waals surface area contributed by atoms with Crippen LogP contribution in [0, 0.1) is 0 Å². The Bertz CT molecular complexity index is 94.2. The highest BCUT2D eigenvalue weighted by Crippen LogP contribution is 1.98. The molecule has 0 aromatic rings. The molecule has 0 unspecified atom stereocenters. The molecule has 0 aliphatic carbocycles. The molecule has 0 saturated heterocycles. The van der Waals surface area contributed by atoms with Gasteiger partial charge in [-0.2, -0.15) is 11.8 Å². The first-order valence-electron chi connectivity index (χ1n) is 2.56. The zero-order chi connectivity index (χ0) is 7.28. The first kappa shape index (κ1) is 8.78. The van der Waals surface area contributed by atoms with Gasteiger partial charge in [-0.15, -0.1) is 0 Å². The average molecular weight is 149 g/mol. The summed E-state index contributed by atoms with van der Waals surface area (Å²) in [6.45, 7) is 0. The standard InChI is InChI=1S/C5H10O3S/c1-9-3-2-4(6)5(7)8/h4,6H,2-3H2,1H3,(H,7,8)/p-1/t4-/m0/s1. The minimum atomic E-state index is -1.39. The van der Waals surface area contributed by atoms with Crippen molar-refractivity contribution in [3.8, 4) is 0 Å². The average Bonchev–Trinajstić information content (AvgIpc) is 1.82. The number of aliphatic carboxylic acids is 1. The number of carbonyl (C=O) groups excluding carboxylic acids is 1. The monoisotopic (exact) mass is 149 g/mol. The van der Waals surface area contributed by atoms with Crippen LogP contribution in [0.3, 0.4) is 0 Å². The van der Waals surface area contributed by atoms with Gasteiger partial charge in [0.15, 0.2) is 0 Å². The van der Waals surface area contributed by atoms with E-state index in [4.69, 9.17) is 5.11 Å². The lowest BCUT2D eigenvalue weighted by molar-refractivity contribution is -0.315. The Morgan fingerprint density at radius 1 is 1.89 bits per heavy atom. The fraction of sp³-hybridized carbons (Fsp3) is 0.800. The van der Waals surface area contributed by atoms with E-state index >= 15 is 0 Å². The maximum atomic E-state index is 9.83. The first-order valence-corrected chi connectivity index (χ1v) is 3.95. The summed E-state index contributed by atoms with van der Waals surface area (Å²) in [4.78, 5) is 9.83. The van der Waals surface area contributed by atoms with Crippen LogP contribution in [-0.2, 0) is 4.79 Å². The van der Waals surface area contributed by atoms with Crippen molar-refractivity contribution in [2.45, 2.75) is 12.5 Å². The molecule has 0 amide bonds. The molecule has 0 aromatic carbocycles. The van der Waals surface area contributed by atoms with Gasteiger partial charge >= 0.3 is 0 Å². The Hall–Kier alpha value is -0.220. The van der Waals surface area contributed by atoms with E-state index in [1.807, 2.05) is 6.26 Å². The number of hydrogen-bond donors (Lipinski definition) is 1. The van der Waals surface area contributed by atoms with E-state index < -0.39 is 12.1 Å². The van der Waals surface area contributed by atoms with Gasteiger partial charge in [0.2, 0.25) is 0 Å². The molecular formula is C5H9O3S-. The normalized spacial score (nSPS) is 13.1. The van der Waals surface area contributed by atoms with Gasteiger partial charge in [-0.1, -0.05) is 0 Å². The smallest absolute Gasteiger partial charge is 0.0941 e. The molecule has 0 rings (SSSR count). The second kappa shape index (κ2) is 4.64. The van der Waals surface area contributed by atoms with E-state index in [0.29, 0.717) is 5.75 Å². The lowest BCUT2D eigenvalue weighted by Crippen LogP contribution is -2.35. The van der Waals surface area contributed by atoms with Crippen molar-refractivity contribution in [1.29, 1.82) is 0 Å². The zero-order valence-corrected chi connectivity index (χ0v) is 5.98. The van der Waals surface area contributed by atoms with Gasteiger partial charge in [0.1, 0.15) is 0 Å². The molecule has 1 N–H and O–H groups in total. The summed E-state index contributed by atoms with van der Waals surface area (Å²) in [5.41, 5.74) is 0. The quantitative estimate of drug-likeness (QED) is 0.548. The van der Waals surface area contributed by atoms with Crippen molar-refractivity contribution < 1.29 is 15.0 Å². The van der Waals surface area contributed by atoms with E-state index in [1.165, 1.54) is 11.8 Å². The van der Waals surface area contributed by atoms with Crippen LogP contribution in [0.15, 0.2) is 0 Å². The van der Waals surface area contributed by atoms with Crippen LogP contribution in [0.25, 0.3) is 0 Å². The third kappa shape index (κ3) is 4.29. The third-order valence-corrected chi connectivity index (χ3v) is 1.51. The highest BCUT2D eigenvalue weighted by molar-refractivity contribution is 7.98. The van der Waals surface area contributed by atoms with Crippen LogP contribution in [0.2, 0.25) is 0 Å². The summed E-state index contributed by atoms with van der Waals surface area (Å²) in [5, 5.41) is 18.4. The Kier molecular flexibility index (Phi) is 4.53. The van der Waals surface area contributed by atoms with Crippen molar-refractivity contribution in [3.63, 3.8) is 0 Å². The summed E-state index contributed by atoms with van der Waals surface area (Å²) >= 11 is 1.50. The highest BCUT2D eigenvalue weighted by atomic mass is 32.2. The van der Waals surface area contributed by atoms with Gasteiger partial charge in [0, 0.05) is 0 Å². The van der Waals surface area contributed by atoms with Gasteiger partial charge in [0.25, 0.3) is 0 Å². The molecule has 0 aromatic heterocycles. The highest BCUT2D eigenvalue weighted by Gasteiger charge is 2.01. The lowest BCUT2D eigenvalue weighted by atomic mass is 10.3. The molecule has 9 heavy (non-hydrogen) atoms. The SMILES string of the molecule is CSCC[C@H](O)C(=O)[O-]. The largest absolute Gasteiger partial charge is 0.547 e. The molecule has 54 valence electrons. The van der Waals surface area contributed by atoms with Crippen LogP contribution in [0.4, 0.5) is 0 Å². The van der Waals surface area contributed by atoms with Crippen molar-refractivity contribution in [2.24, 2.45) is 0 Å². The van der Waals surface area contributed by atoms with Crippen molar-refractivity contribution >= 4 is 17.7 Å². The fourth-order valence-corrected chi connectivity index (χ4v) is 0.806. The number of carbonyl (C=O) groups is 1. The molecule has 0 bridgehead atoms. The molecular weight excluding hydrogens is 140 g/mol. The Morgan fingerprint density at radius 2 is 2.44 bits per heavy atom. The molecule has 4 heteroatoms. The van der Waals surface area contributed by atoms with Gasteiger partial charge in [-0.05, 0) is 18.4 Å². The molecule has 3 nitrogen and oxygen atoms in total. The molecule has 0 saturated carbocycles. The summed E-state index contributed by atoms with van der Waals surface area (Å²) in [6.07, 6.45) is 0.823. The lowest BCUT2D eigenvalue weighted by Gasteiger charge is -2.08. The minimum absolute atomic E-state index is 0.267. The number of aliphatic hydroxyl groups excluding tert-OH is 1. The molecule has 0 heterocycles. The Morgan fingerprint density at radius 3 is 2.78 bits per heavy atom. The van der Waals surface area contributed by atoms with E-state index in [1.54, 1.807) is 0 Å². The molecule has 0 fully saturated rings. The van der Waals surface area contributed by atoms with E-state index in [-0.39, 0.29) is 6.42 Å². The number of thioether (sulfide) groups is 1. The van der Waals surface area contributed by atoms with Gasteiger partial charge in [0.05, 0.1) is 12.1 Å². The predicted molar refractivity (Wildman–Crippen MR) is 34.0 cm³/mol. The molecule has 0 radical (unpaired) electrons. The number of hydrogen-bond acceptors (Lipinski definition) is 4. The summed E-state index contributed by atoms with van der Waals surface area (Å²) in [7, 11) is 0. The van der Waals surface area contributed by atoms with Gasteiger partial charge < -0.3 is 15.0 Å². The second-order valence-electron chi connectivity index (χ2n) is 1.62. The molecule has 0 aliphatic heterocycles. The number of rotatable bonds is 4. The Labute approximate surface area is 58.1 Å². The van der Waals surface area contributed by atoms with Gasteiger partial charge in [-0.25, -0.2) is 0 Å². The number of carboxylic acids is 1. The molecule has 0 aliphatic rings. The van der Waals surface area contributed by atoms with Crippen LogP contribution in [0.1, 0.15) is 6.42 Å². The van der Waals surface area contributed by atoms with Crippen LogP contribution in [0.5, 0.6) is 0 Å². The minimum Gasteiger partial charge on any atom is -0.547 e. The van der Waals surface area contributed by atoms with Crippen LogP contribution < -0.4 is 5.11 Å². The van der Waals surface area contributed by atoms with Crippen molar-refractivity contribution in [2.75, 3.05) is 12.0 Å². The van der Waals surface area contributed by atoms with E-state index in [9.17, 15) is 9.90 Å². The van der Waals surface area contributed by atoms with Crippen LogP contribution in [-0.4, -0.2) is 29.2 Å². The summed E-state index contributed by atoms with van der Waals surface area (Å²) in [6, 6.07) is 0. The third-order valence-electron chi connectivity index (χ3n) is 0.867. The first-order chi connectivity index (χ1) is 4.18. The van der Waals surface area contributed by atoms with E-state index in [0.717, 1.165) is 0 Å². The van der Waals surface area contributed by atoms with Crippen molar-refractivity contribution in [3.05, 3.63) is 0 Å². The molecule has 0 spiro atoms. The topological polar surface area (TPSA) is 60.4 Å². The summed E-state index contributed by atoms with van der Waals surface area (Å²) < 4.78 is 0. The van der Waals surface area contributed by atoms with Gasteiger partial charge in [-0.3, -0.25) is 0 Å². The van der Waals surface area contributed by atoms with Crippen molar-refractivity contribution in [1.82, 2.24) is 0 Å². The maximum Gasteiger partial charge on any atom is 0.0941 e. The summed E-state index contributed by atoms with van der Waals surface area (Å²) in [5.74, 6) is -0.737. The molecule has 1 atom stereocenters.